The van der Waals surface area contributed by atoms with Crippen molar-refractivity contribution in [2.24, 2.45) is 10.8 Å². The lowest BCUT2D eigenvalue weighted by Gasteiger charge is -2.13. The zero-order valence-electron chi connectivity index (χ0n) is 14.4. The van der Waals surface area contributed by atoms with Gasteiger partial charge in [-0.05, 0) is 29.8 Å². The van der Waals surface area contributed by atoms with Crippen molar-refractivity contribution in [2.75, 3.05) is 5.32 Å². The fraction of sp³-hybridized carbons (Fsp3) is 0. The van der Waals surface area contributed by atoms with Crippen molar-refractivity contribution in [1.29, 1.82) is 0 Å². The van der Waals surface area contributed by atoms with Crippen LogP contribution in [0, 0.1) is 0 Å². The second-order valence-corrected chi connectivity index (χ2v) is 6.00. The quantitative estimate of drug-likeness (QED) is 0.292. The maximum absolute atomic E-state index is 10.6. The number of amides is 2. The monoisotopic (exact) mass is 355 g/mol. The summed E-state index contributed by atoms with van der Waals surface area (Å²) in [5.74, 6) is 0. The van der Waals surface area contributed by atoms with E-state index < -0.39 is 6.03 Å². The van der Waals surface area contributed by atoms with Gasteiger partial charge in [0.2, 0.25) is 0 Å². The predicted octanol–water partition coefficient (Wildman–Crippen LogP) is 4.13. The molecule has 3 aromatic carbocycles. The minimum absolute atomic E-state index is 0.694. The molecule has 0 spiro atoms. The minimum atomic E-state index is -0.694. The normalized spacial score (nSPS) is 11.1. The number of aromatic nitrogens is 1. The van der Waals surface area contributed by atoms with Crippen LogP contribution in [-0.2, 0) is 0 Å². The Morgan fingerprint density at radius 3 is 2.07 bits per heavy atom. The lowest BCUT2D eigenvalue weighted by atomic mass is 10.1. The summed E-state index contributed by atoms with van der Waals surface area (Å²) in [6.07, 6.45) is 1.53. The molecule has 132 valence electrons. The van der Waals surface area contributed by atoms with E-state index in [1.54, 1.807) is 0 Å². The number of hydrogen-bond acceptors (Lipinski definition) is 4. The van der Waals surface area contributed by atoms with Crippen LogP contribution in [0.2, 0.25) is 0 Å². The van der Waals surface area contributed by atoms with E-state index in [0.29, 0.717) is 0 Å². The Bertz CT molecular complexity index is 1100. The molecule has 0 aliphatic heterocycles. The van der Waals surface area contributed by atoms with Gasteiger partial charge in [0.1, 0.15) is 0 Å². The number of para-hydroxylation sites is 2. The number of nitrogens with two attached hydrogens (primary N) is 1. The van der Waals surface area contributed by atoms with Gasteiger partial charge < -0.3 is 11.1 Å². The first-order valence-electron chi connectivity index (χ1n) is 8.44. The van der Waals surface area contributed by atoms with Gasteiger partial charge in [-0.25, -0.2) is 15.2 Å². The molecule has 27 heavy (non-hydrogen) atoms. The number of nitrogens with one attached hydrogen (secondary N) is 2. The van der Waals surface area contributed by atoms with Gasteiger partial charge in [-0.2, -0.15) is 5.10 Å². The fourth-order valence-corrected chi connectivity index (χ4v) is 2.94. The lowest BCUT2D eigenvalue weighted by molar-refractivity contribution is 0.249. The summed E-state index contributed by atoms with van der Waals surface area (Å²) >= 11 is 0. The number of hydrazone groups is 1. The maximum atomic E-state index is 10.6. The van der Waals surface area contributed by atoms with Crippen LogP contribution in [0.5, 0.6) is 0 Å². The van der Waals surface area contributed by atoms with Crippen LogP contribution < -0.4 is 16.5 Å². The standard InChI is InChI=1S/C21H17N5O/c22-21(27)26-23-13-14-9-11-15(12-10-14)24-20-16-5-1-3-7-18(16)25-19-8-4-2-6-17(19)20/h1-13H,(H,24,25)(H3,22,26,27)/b23-13+. The Balaban J connectivity index is 1.70. The van der Waals surface area contributed by atoms with Crippen molar-refractivity contribution in [2.45, 2.75) is 0 Å². The van der Waals surface area contributed by atoms with Crippen molar-refractivity contribution >= 4 is 45.4 Å². The average molecular weight is 355 g/mol. The van der Waals surface area contributed by atoms with Gasteiger partial charge in [-0.1, -0.05) is 48.5 Å². The Labute approximate surface area is 155 Å². The van der Waals surface area contributed by atoms with Crippen LogP contribution in [0.3, 0.4) is 0 Å². The van der Waals surface area contributed by atoms with E-state index in [-0.39, 0.29) is 0 Å². The van der Waals surface area contributed by atoms with E-state index >= 15 is 0 Å². The first-order chi connectivity index (χ1) is 13.2. The zero-order valence-corrected chi connectivity index (χ0v) is 14.4. The third-order valence-electron chi connectivity index (χ3n) is 4.16. The molecule has 6 heteroatoms. The largest absolute Gasteiger partial charge is 0.354 e. The van der Waals surface area contributed by atoms with Gasteiger partial charge in [-0.15, -0.1) is 0 Å². The maximum Gasteiger partial charge on any atom is 0.332 e. The number of benzene rings is 3. The number of hydrogen-bond donors (Lipinski definition) is 3. The summed E-state index contributed by atoms with van der Waals surface area (Å²) in [6.45, 7) is 0. The van der Waals surface area contributed by atoms with E-state index in [2.05, 4.69) is 28.0 Å². The van der Waals surface area contributed by atoms with Gasteiger partial charge in [-0.3, -0.25) is 0 Å². The molecule has 0 unspecified atom stereocenters. The topological polar surface area (TPSA) is 92.4 Å². The first-order valence-corrected chi connectivity index (χ1v) is 8.44. The third-order valence-corrected chi connectivity index (χ3v) is 4.16. The first kappa shape index (κ1) is 16.5. The highest BCUT2D eigenvalue weighted by molar-refractivity contribution is 6.08. The molecule has 0 atom stereocenters. The number of primary amides is 1. The van der Waals surface area contributed by atoms with Crippen LogP contribution in [0.15, 0.2) is 77.9 Å². The molecule has 0 saturated carbocycles. The molecule has 2 amide bonds. The number of urea groups is 1. The minimum Gasteiger partial charge on any atom is -0.354 e. The van der Waals surface area contributed by atoms with E-state index in [1.807, 2.05) is 60.7 Å². The van der Waals surface area contributed by atoms with Crippen molar-refractivity contribution in [3.05, 3.63) is 78.4 Å². The van der Waals surface area contributed by atoms with Crippen molar-refractivity contribution < 1.29 is 4.79 Å². The zero-order chi connectivity index (χ0) is 18.6. The molecule has 0 fully saturated rings. The molecule has 0 bridgehead atoms. The summed E-state index contributed by atoms with van der Waals surface area (Å²) in [5.41, 5.74) is 11.9. The summed E-state index contributed by atoms with van der Waals surface area (Å²) in [6, 6.07) is 23.2. The predicted molar refractivity (Wildman–Crippen MR) is 109 cm³/mol. The highest BCUT2D eigenvalue weighted by Gasteiger charge is 2.08. The van der Waals surface area contributed by atoms with E-state index in [9.17, 15) is 4.79 Å². The second kappa shape index (κ2) is 7.13. The summed E-state index contributed by atoms with van der Waals surface area (Å²) in [7, 11) is 0. The molecule has 1 aromatic heterocycles. The van der Waals surface area contributed by atoms with Crippen molar-refractivity contribution in [1.82, 2.24) is 10.4 Å². The van der Waals surface area contributed by atoms with Gasteiger partial charge in [0.25, 0.3) is 0 Å². The Morgan fingerprint density at radius 2 is 1.48 bits per heavy atom. The number of nitrogens with zero attached hydrogens (tertiary/aromatic N) is 2. The second-order valence-electron chi connectivity index (χ2n) is 6.00. The van der Waals surface area contributed by atoms with Gasteiger partial charge in [0, 0.05) is 16.5 Å². The number of rotatable bonds is 4. The molecule has 6 nitrogen and oxygen atoms in total. The Morgan fingerprint density at radius 1 is 0.889 bits per heavy atom. The van der Waals surface area contributed by atoms with Gasteiger partial charge in [0.15, 0.2) is 0 Å². The van der Waals surface area contributed by atoms with E-state index in [0.717, 1.165) is 38.7 Å². The molecular weight excluding hydrogens is 338 g/mol. The van der Waals surface area contributed by atoms with Crippen LogP contribution in [0.4, 0.5) is 16.2 Å². The average Bonchev–Trinajstić information content (AvgIpc) is 2.69. The molecule has 4 N–H and O–H groups in total. The molecular formula is C21H17N5O. The van der Waals surface area contributed by atoms with Gasteiger partial charge >= 0.3 is 6.03 Å². The summed E-state index contributed by atoms with van der Waals surface area (Å²) in [5, 5.41) is 9.40. The number of carbonyl (C=O) groups excluding carboxylic acids is 1. The molecule has 0 saturated heterocycles. The lowest BCUT2D eigenvalue weighted by Crippen LogP contribution is -2.24. The number of pyridine rings is 1. The number of anilines is 2. The third kappa shape index (κ3) is 3.55. The summed E-state index contributed by atoms with van der Waals surface area (Å²) in [4.78, 5) is 15.4. The molecule has 1 heterocycles. The van der Waals surface area contributed by atoms with Crippen LogP contribution >= 0.6 is 0 Å². The van der Waals surface area contributed by atoms with Gasteiger partial charge in [0.05, 0.1) is 22.9 Å². The molecule has 4 rings (SSSR count). The summed E-state index contributed by atoms with van der Waals surface area (Å²) < 4.78 is 0. The Kier molecular flexibility index (Phi) is 4.37. The highest BCUT2D eigenvalue weighted by atomic mass is 16.2. The smallest absolute Gasteiger partial charge is 0.332 e. The number of carbonyl (C=O) groups is 1. The van der Waals surface area contributed by atoms with Crippen molar-refractivity contribution in [3.8, 4) is 0 Å². The van der Waals surface area contributed by atoms with Crippen LogP contribution in [0.1, 0.15) is 5.56 Å². The fourth-order valence-electron chi connectivity index (χ4n) is 2.94. The molecule has 0 radical (unpaired) electrons. The number of fused-ring (bicyclic) bond motifs is 2. The molecule has 0 aliphatic carbocycles. The van der Waals surface area contributed by atoms with E-state index in [1.165, 1.54) is 6.21 Å². The van der Waals surface area contributed by atoms with Crippen LogP contribution in [-0.4, -0.2) is 17.2 Å². The highest BCUT2D eigenvalue weighted by Crippen LogP contribution is 2.32. The molecule has 0 aliphatic rings. The Hall–Kier alpha value is -3.93. The SMILES string of the molecule is NC(=O)N/N=C/c1ccc(Nc2c3ccccc3nc3ccccc23)cc1. The van der Waals surface area contributed by atoms with E-state index in [4.69, 9.17) is 10.7 Å². The molecule has 4 aromatic rings. The van der Waals surface area contributed by atoms with Crippen LogP contribution in [0.25, 0.3) is 21.8 Å². The van der Waals surface area contributed by atoms with Crippen molar-refractivity contribution in [3.63, 3.8) is 0 Å².